The van der Waals surface area contributed by atoms with E-state index in [1.807, 2.05) is 0 Å². The number of aliphatic carboxylic acids is 1. The molecule has 0 saturated heterocycles. The summed E-state index contributed by atoms with van der Waals surface area (Å²) in [6.07, 6.45) is -3.19. The number of ether oxygens (including phenoxy) is 2. The van der Waals surface area contributed by atoms with Crippen LogP contribution in [-0.4, -0.2) is 61.7 Å². The van der Waals surface area contributed by atoms with Crippen molar-refractivity contribution in [1.82, 2.24) is 9.97 Å². The molecule has 5 N–H and O–H groups in total. The van der Waals surface area contributed by atoms with Gasteiger partial charge in [0.25, 0.3) is 10.0 Å². The van der Waals surface area contributed by atoms with Gasteiger partial charge in [0, 0.05) is 23.7 Å². The Morgan fingerprint density at radius 2 is 1.83 bits per heavy atom. The Labute approximate surface area is 239 Å². The molecule has 0 fully saturated rings. The van der Waals surface area contributed by atoms with Gasteiger partial charge in [-0.15, -0.1) is 6.58 Å². The average molecular weight is 606 g/mol. The SMILES string of the molecule is C=CC(C(F)(F)F)S(=O)(=O)N(CC(=O)O)c1ccc(C#Cc2cc(Cc3cnc(N)nc3N)cc(OC)c2OC)cc1. The Hall–Kier alpha value is -4.97. The number of anilines is 3. The van der Waals surface area contributed by atoms with Crippen LogP contribution in [0.4, 0.5) is 30.6 Å². The van der Waals surface area contributed by atoms with Gasteiger partial charge in [0.2, 0.25) is 5.95 Å². The highest BCUT2D eigenvalue weighted by atomic mass is 32.2. The molecule has 3 rings (SSSR count). The Kier molecular flexibility index (Phi) is 9.53. The van der Waals surface area contributed by atoms with Crippen molar-refractivity contribution in [3.05, 3.63) is 77.5 Å². The van der Waals surface area contributed by atoms with Crippen molar-refractivity contribution in [1.29, 1.82) is 0 Å². The van der Waals surface area contributed by atoms with Gasteiger partial charge in [0.15, 0.2) is 16.7 Å². The van der Waals surface area contributed by atoms with E-state index in [0.29, 0.717) is 34.6 Å². The Balaban J connectivity index is 1.99. The molecule has 0 saturated carbocycles. The molecule has 1 atom stereocenters. The second-order valence-electron chi connectivity index (χ2n) is 8.63. The lowest BCUT2D eigenvalue weighted by Gasteiger charge is -2.27. The summed E-state index contributed by atoms with van der Waals surface area (Å²) in [6.45, 7) is 1.72. The largest absolute Gasteiger partial charge is 0.493 e. The average Bonchev–Trinajstić information content (AvgIpc) is 2.91. The van der Waals surface area contributed by atoms with Gasteiger partial charge in [0.1, 0.15) is 12.4 Å². The number of halogens is 3. The van der Waals surface area contributed by atoms with Crippen LogP contribution in [0.5, 0.6) is 11.5 Å². The van der Waals surface area contributed by atoms with Crippen molar-refractivity contribution in [2.24, 2.45) is 0 Å². The number of hydrogen-bond acceptors (Lipinski definition) is 9. The number of carbonyl (C=O) groups is 1. The highest BCUT2D eigenvalue weighted by Gasteiger charge is 2.49. The fourth-order valence-electron chi connectivity index (χ4n) is 3.87. The smallest absolute Gasteiger partial charge is 0.410 e. The Bertz CT molecular complexity index is 1650. The quantitative estimate of drug-likeness (QED) is 0.231. The van der Waals surface area contributed by atoms with Crippen molar-refractivity contribution in [3.63, 3.8) is 0 Å². The van der Waals surface area contributed by atoms with E-state index in [9.17, 15) is 31.5 Å². The molecule has 0 amide bonds. The van der Waals surface area contributed by atoms with E-state index in [1.165, 1.54) is 32.5 Å². The maximum atomic E-state index is 13.4. The summed E-state index contributed by atoms with van der Waals surface area (Å²) in [6, 6.07) is 8.43. The Morgan fingerprint density at radius 1 is 1.17 bits per heavy atom. The van der Waals surface area contributed by atoms with Gasteiger partial charge in [-0.1, -0.05) is 17.9 Å². The number of nitrogen functional groups attached to an aromatic ring is 2. The molecule has 0 aliphatic heterocycles. The predicted molar refractivity (Wildman–Crippen MR) is 150 cm³/mol. The van der Waals surface area contributed by atoms with E-state index < -0.39 is 34.0 Å². The molecule has 1 heterocycles. The highest BCUT2D eigenvalue weighted by molar-refractivity contribution is 7.93. The first kappa shape index (κ1) is 31.6. The fourth-order valence-corrected chi connectivity index (χ4v) is 5.43. The van der Waals surface area contributed by atoms with E-state index in [4.69, 9.17) is 20.9 Å². The van der Waals surface area contributed by atoms with Crippen LogP contribution < -0.4 is 25.2 Å². The number of alkyl halides is 3. The molecular formula is C27H26F3N5O6S. The van der Waals surface area contributed by atoms with Gasteiger partial charge in [-0.25, -0.2) is 13.4 Å². The normalized spacial score (nSPS) is 12.0. The van der Waals surface area contributed by atoms with Gasteiger partial charge in [0.05, 0.1) is 25.5 Å². The van der Waals surface area contributed by atoms with Crippen LogP contribution in [-0.2, 0) is 21.2 Å². The number of nitrogens with zero attached hydrogens (tertiary/aromatic N) is 3. The lowest BCUT2D eigenvalue weighted by molar-refractivity contribution is -0.135. The number of carboxylic acid groups (broad SMARTS) is 1. The third-order valence-electron chi connectivity index (χ3n) is 5.79. The zero-order valence-corrected chi connectivity index (χ0v) is 23.2. The highest BCUT2D eigenvalue weighted by Crippen LogP contribution is 2.34. The second kappa shape index (κ2) is 12.7. The maximum absolute atomic E-state index is 13.4. The minimum Gasteiger partial charge on any atom is -0.493 e. The number of hydrogen-bond donors (Lipinski definition) is 3. The molecule has 2 aromatic carbocycles. The number of benzene rings is 2. The zero-order valence-electron chi connectivity index (χ0n) is 22.3. The first-order valence-electron chi connectivity index (χ1n) is 11.9. The van der Waals surface area contributed by atoms with Crippen molar-refractivity contribution >= 4 is 33.4 Å². The molecule has 0 bridgehead atoms. The number of methoxy groups -OCH3 is 2. The van der Waals surface area contributed by atoms with Crippen molar-refractivity contribution in [2.75, 3.05) is 36.5 Å². The van der Waals surface area contributed by atoms with Crippen molar-refractivity contribution in [3.8, 4) is 23.3 Å². The molecule has 1 aromatic heterocycles. The van der Waals surface area contributed by atoms with Crippen LogP contribution in [0.3, 0.4) is 0 Å². The van der Waals surface area contributed by atoms with Gasteiger partial charge in [-0.05, 0) is 42.0 Å². The number of aromatic nitrogens is 2. The summed E-state index contributed by atoms with van der Waals surface area (Å²) in [4.78, 5) is 19.2. The molecule has 42 heavy (non-hydrogen) atoms. The monoisotopic (exact) mass is 605 g/mol. The molecule has 0 radical (unpaired) electrons. The van der Waals surface area contributed by atoms with Crippen molar-refractivity contribution in [2.45, 2.75) is 17.8 Å². The van der Waals surface area contributed by atoms with Crippen LogP contribution in [0, 0.1) is 11.8 Å². The predicted octanol–water partition coefficient (Wildman–Crippen LogP) is 2.99. The third-order valence-corrected chi connectivity index (χ3v) is 7.85. The lowest BCUT2D eigenvalue weighted by Crippen LogP contribution is -2.47. The van der Waals surface area contributed by atoms with Crippen LogP contribution in [0.25, 0.3) is 0 Å². The topological polar surface area (TPSA) is 171 Å². The van der Waals surface area contributed by atoms with Crippen LogP contribution in [0.15, 0.2) is 55.3 Å². The lowest BCUT2D eigenvalue weighted by atomic mass is 10.0. The van der Waals surface area contributed by atoms with Gasteiger partial charge < -0.3 is 26.0 Å². The summed E-state index contributed by atoms with van der Waals surface area (Å²) in [7, 11) is -2.34. The van der Waals surface area contributed by atoms with Crippen LogP contribution in [0.2, 0.25) is 0 Å². The summed E-state index contributed by atoms with van der Waals surface area (Å²) in [5, 5.41) is 6.18. The molecule has 15 heteroatoms. The molecular weight excluding hydrogens is 579 g/mol. The van der Waals surface area contributed by atoms with Crippen LogP contribution in [0.1, 0.15) is 22.3 Å². The van der Waals surface area contributed by atoms with Gasteiger partial charge in [-0.2, -0.15) is 18.2 Å². The minimum absolute atomic E-state index is 0.0330. The number of rotatable bonds is 10. The van der Waals surface area contributed by atoms with Crippen LogP contribution >= 0.6 is 0 Å². The summed E-state index contributed by atoms with van der Waals surface area (Å²) < 4.78 is 76.7. The van der Waals surface area contributed by atoms with E-state index in [0.717, 1.165) is 17.7 Å². The first-order valence-corrected chi connectivity index (χ1v) is 13.4. The van der Waals surface area contributed by atoms with Gasteiger partial charge in [-0.3, -0.25) is 9.10 Å². The molecule has 11 nitrogen and oxygen atoms in total. The van der Waals surface area contributed by atoms with E-state index >= 15 is 0 Å². The van der Waals surface area contributed by atoms with E-state index in [-0.39, 0.29) is 27.8 Å². The zero-order chi connectivity index (χ0) is 31.2. The maximum Gasteiger partial charge on any atom is 0.410 e. The Morgan fingerprint density at radius 3 is 2.36 bits per heavy atom. The summed E-state index contributed by atoms with van der Waals surface area (Å²) >= 11 is 0. The number of nitrogens with two attached hydrogens (primary N) is 2. The summed E-state index contributed by atoms with van der Waals surface area (Å²) in [5.41, 5.74) is 13.3. The fraction of sp³-hybridized carbons (Fsp3) is 0.222. The molecule has 0 spiro atoms. The molecule has 222 valence electrons. The first-order chi connectivity index (χ1) is 19.7. The third kappa shape index (κ3) is 7.21. The molecule has 3 aromatic rings. The summed E-state index contributed by atoms with van der Waals surface area (Å²) in [5.74, 6) is 5.10. The van der Waals surface area contributed by atoms with Crippen molar-refractivity contribution < 1.29 is 41.0 Å². The number of carboxylic acids is 1. The standard InChI is InChI=1S/C27H26F3N5O6S/c1-4-22(27(28,29)30)42(38,39)35(15-23(36)37)20-9-6-16(7-10-20)5-8-18-11-17(13-21(40-2)24(18)41-3)12-19-14-33-26(32)34-25(19)31/h4,6-7,9-11,13-14,22H,1,12,15H2,2-3H3,(H,36,37)(H4,31,32,33,34). The number of sulfonamides is 1. The minimum atomic E-state index is -5.22. The molecule has 1 unspecified atom stereocenters. The molecule has 0 aliphatic carbocycles. The van der Waals surface area contributed by atoms with E-state index in [1.54, 1.807) is 12.1 Å². The van der Waals surface area contributed by atoms with E-state index in [2.05, 4.69) is 28.4 Å². The second-order valence-corrected chi connectivity index (χ2v) is 10.6. The molecule has 0 aliphatic rings. The van der Waals surface area contributed by atoms with Gasteiger partial charge >= 0.3 is 12.1 Å².